The number of carbonyl (C=O) groups excluding carboxylic acids is 2. The third-order valence-corrected chi connectivity index (χ3v) is 6.31. The van der Waals surface area contributed by atoms with Crippen molar-refractivity contribution in [1.82, 2.24) is 29.7 Å². The zero-order valence-electron chi connectivity index (χ0n) is 21.2. The second kappa shape index (κ2) is 11.2. The number of imidazole rings is 1. The van der Waals surface area contributed by atoms with E-state index in [1.54, 1.807) is 42.2 Å². The van der Waals surface area contributed by atoms with Crippen LogP contribution < -0.4 is 15.0 Å². The highest BCUT2D eigenvalue weighted by Crippen LogP contribution is 2.25. The first-order valence-electron chi connectivity index (χ1n) is 12.1. The summed E-state index contributed by atoms with van der Waals surface area (Å²) in [5.74, 6) is 2.12. The maximum Gasteiger partial charge on any atom is 0.237 e. The second-order valence-electron chi connectivity index (χ2n) is 9.22. The molecule has 1 aliphatic rings. The van der Waals surface area contributed by atoms with Crippen LogP contribution in [0, 0.1) is 0 Å². The fourth-order valence-corrected chi connectivity index (χ4v) is 4.26. The first-order chi connectivity index (χ1) is 17.3. The lowest BCUT2D eigenvalue weighted by Crippen LogP contribution is -2.56. The maximum atomic E-state index is 13.0. The summed E-state index contributed by atoms with van der Waals surface area (Å²) in [6, 6.07) is 9.37. The van der Waals surface area contributed by atoms with Gasteiger partial charge in [0.15, 0.2) is 0 Å². The number of aromatic nitrogens is 4. The molecule has 4 rings (SSSR count). The number of hydrogen-bond donors (Lipinski definition) is 1. The Kier molecular flexibility index (Phi) is 7.82. The van der Waals surface area contributed by atoms with Crippen LogP contribution >= 0.6 is 0 Å². The maximum absolute atomic E-state index is 13.0. The molecule has 1 aliphatic heterocycles. The molecule has 1 N–H and O–H groups in total. The molecule has 190 valence electrons. The molecule has 1 aromatic carbocycles. The molecular weight excluding hydrogens is 458 g/mol. The van der Waals surface area contributed by atoms with Crippen LogP contribution in [-0.4, -0.2) is 69.0 Å². The number of amides is 2. The topological polar surface area (TPSA) is 105 Å². The van der Waals surface area contributed by atoms with Crippen LogP contribution in [0.25, 0.3) is 5.95 Å². The molecular formula is C26H33N7O3. The fourth-order valence-electron chi connectivity index (χ4n) is 4.26. The van der Waals surface area contributed by atoms with Crippen molar-refractivity contribution in [3.05, 3.63) is 60.3 Å². The lowest BCUT2D eigenvalue weighted by atomic mass is 10.1. The van der Waals surface area contributed by atoms with Gasteiger partial charge in [-0.3, -0.25) is 14.2 Å². The molecule has 1 saturated heterocycles. The van der Waals surface area contributed by atoms with Crippen LogP contribution in [0.1, 0.15) is 44.4 Å². The van der Waals surface area contributed by atoms with Gasteiger partial charge in [-0.05, 0) is 23.6 Å². The molecule has 3 aromatic rings. The van der Waals surface area contributed by atoms with Crippen molar-refractivity contribution in [2.75, 3.05) is 31.6 Å². The summed E-state index contributed by atoms with van der Waals surface area (Å²) in [6.07, 6.45) is 5.39. The molecule has 0 aliphatic carbocycles. The highest BCUT2D eigenvalue weighted by atomic mass is 16.5. The van der Waals surface area contributed by atoms with Crippen molar-refractivity contribution in [2.45, 2.75) is 45.7 Å². The van der Waals surface area contributed by atoms with E-state index in [1.165, 1.54) is 0 Å². The lowest BCUT2D eigenvalue weighted by molar-refractivity contribution is -0.130. The number of benzene rings is 1. The first-order valence-corrected chi connectivity index (χ1v) is 12.1. The molecule has 10 nitrogen and oxygen atoms in total. The van der Waals surface area contributed by atoms with Crippen molar-refractivity contribution < 1.29 is 14.3 Å². The molecule has 3 heterocycles. The molecule has 0 bridgehead atoms. The van der Waals surface area contributed by atoms with Gasteiger partial charge in [0.1, 0.15) is 17.9 Å². The summed E-state index contributed by atoms with van der Waals surface area (Å²) in [5, 5.41) is 3.01. The van der Waals surface area contributed by atoms with Crippen molar-refractivity contribution in [2.24, 2.45) is 0 Å². The Morgan fingerprint density at radius 3 is 2.72 bits per heavy atom. The summed E-state index contributed by atoms with van der Waals surface area (Å²) in [7, 11) is 1.62. The molecule has 1 atom stereocenters. The van der Waals surface area contributed by atoms with E-state index >= 15 is 0 Å². The molecule has 36 heavy (non-hydrogen) atoms. The van der Waals surface area contributed by atoms with Gasteiger partial charge in [0.05, 0.1) is 18.8 Å². The van der Waals surface area contributed by atoms with Gasteiger partial charge in [-0.15, -0.1) is 0 Å². The number of methoxy groups -OCH3 is 1. The van der Waals surface area contributed by atoms with Gasteiger partial charge in [-0.25, -0.2) is 9.97 Å². The van der Waals surface area contributed by atoms with Gasteiger partial charge >= 0.3 is 0 Å². The van der Waals surface area contributed by atoms with Crippen LogP contribution in [0.2, 0.25) is 0 Å². The molecule has 2 aromatic heterocycles. The minimum atomic E-state index is -0.224. The number of nitrogens with one attached hydrogen (secondary N) is 1. The Bertz CT molecular complexity index is 1200. The lowest BCUT2D eigenvalue weighted by Gasteiger charge is -2.41. The average molecular weight is 492 g/mol. The third-order valence-electron chi connectivity index (χ3n) is 6.31. The number of piperazine rings is 1. The van der Waals surface area contributed by atoms with Gasteiger partial charge in [-0.2, -0.15) is 4.98 Å². The van der Waals surface area contributed by atoms with Crippen molar-refractivity contribution in [1.29, 1.82) is 0 Å². The Balaban J connectivity index is 1.56. The normalized spacial score (nSPS) is 15.8. The monoisotopic (exact) mass is 491 g/mol. The largest absolute Gasteiger partial charge is 0.497 e. The predicted octanol–water partition coefficient (Wildman–Crippen LogP) is 2.54. The third kappa shape index (κ3) is 5.99. The summed E-state index contributed by atoms with van der Waals surface area (Å²) in [5.41, 5.74) is 1.86. The van der Waals surface area contributed by atoms with Crippen LogP contribution in [0.15, 0.2) is 49.1 Å². The van der Waals surface area contributed by atoms with E-state index in [9.17, 15) is 9.59 Å². The minimum absolute atomic E-state index is 0.00102. The number of carbonyl (C=O) groups is 2. The quantitative estimate of drug-likeness (QED) is 0.516. The van der Waals surface area contributed by atoms with E-state index in [0.717, 1.165) is 22.8 Å². The summed E-state index contributed by atoms with van der Waals surface area (Å²) in [4.78, 5) is 42.7. The van der Waals surface area contributed by atoms with Gasteiger partial charge in [-0.1, -0.05) is 26.0 Å². The Morgan fingerprint density at radius 2 is 2.03 bits per heavy atom. The SMILES string of the molecule is COc1cccc(CNC(=O)CC2CN(C(C)=O)CCN2c2cc(C(C)C)nc(-n3ccnc3)n2)c1. The van der Waals surface area contributed by atoms with Crippen LogP contribution in [0.5, 0.6) is 5.75 Å². The van der Waals surface area contributed by atoms with E-state index in [2.05, 4.69) is 29.0 Å². The molecule has 2 amide bonds. The summed E-state index contributed by atoms with van der Waals surface area (Å²) in [6.45, 7) is 7.72. The van der Waals surface area contributed by atoms with Crippen molar-refractivity contribution >= 4 is 17.6 Å². The molecule has 0 spiro atoms. The van der Waals surface area contributed by atoms with E-state index in [0.29, 0.717) is 32.1 Å². The van der Waals surface area contributed by atoms with Gasteiger partial charge in [0.25, 0.3) is 0 Å². The Hall–Kier alpha value is -3.95. The van der Waals surface area contributed by atoms with Crippen LogP contribution in [0.3, 0.4) is 0 Å². The summed E-state index contributed by atoms with van der Waals surface area (Å²) >= 11 is 0. The molecule has 0 saturated carbocycles. The standard InChI is InChI=1S/C26H33N7O3/c1-18(2)23-14-24(30-26(29-23)32-9-8-27-17-32)33-11-10-31(19(3)34)16-21(33)13-25(35)28-15-20-6-5-7-22(12-20)36-4/h5-9,12,14,17-18,21H,10-11,13,15-16H2,1-4H3,(H,28,35). The first kappa shape index (κ1) is 25.2. The Labute approximate surface area is 211 Å². The highest BCUT2D eigenvalue weighted by Gasteiger charge is 2.31. The number of hydrogen-bond acceptors (Lipinski definition) is 7. The van der Waals surface area contributed by atoms with E-state index in [4.69, 9.17) is 14.7 Å². The van der Waals surface area contributed by atoms with Gasteiger partial charge < -0.3 is 19.9 Å². The van der Waals surface area contributed by atoms with Crippen LogP contribution in [-0.2, 0) is 16.1 Å². The van der Waals surface area contributed by atoms with E-state index < -0.39 is 0 Å². The molecule has 0 radical (unpaired) electrons. The number of ether oxygens (including phenoxy) is 1. The predicted molar refractivity (Wildman–Crippen MR) is 136 cm³/mol. The van der Waals surface area contributed by atoms with Gasteiger partial charge in [0.2, 0.25) is 17.8 Å². The zero-order valence-corrected chi connectivity index (χ0v) is 21.2. The van der Waals surface area contributed by atoms with Crippen molar-refractivity contribution in [3.8, 4) is 11.7 Å². The molecule has 1 unspecified atom stereocenters. The van der Waals surface area contributed by atoms with Crippen LogP contribution in [0.4, 0.5) is 5.82 Å². The number of anilines is 1. The zero-order chi connectivity index (χ0) is 25.7. The smallest absolute Gasteiger partial charge is 0.237 e. The minimum Gasteiger partial charge on any atom is -0.497 e. The average Bonchev–Trinajstić information content (AvgIpc) is 3.42. The van der Waals surface area contributed by atoms with E-state index in [-0.39, 0.29) is 30.2 Å². The van der Waals surface area contributed by atoms with Crippen molar-refractivity contribution in [3.63, 3.8) is 0 Å². The summed E-state index contributed by atoms with van der Waals surface area (Å²) < 4.78 is 7.04. The Morgan fingerprint density at radius 1 is 1.19 bits per heavy atom. The van der Waals surface area contributed by atoms with Gasteiger partial charge in [0, 0.05) is 58.0 Å². The number of nitrogens with zero attached hydrogens (tertiary/aromatic N) is 6. The van der Waals surface area contributed by atoms with E-state index in [1.807, 2.05) is 30.3 Å². The fraction of sp³-hybridized carbons (Fsp3) is 0.423. The number of rotatable bonds is 8. The molecule has 1 fully saturated rings. The second-order valence-corrected chi connectivity index (χ2v) is 9.22. The molecule has 10 heteroatoms. The highest BCUT2D eigenvalue weighted by molar-refractivity contribution is 5.78.